The molecule has 0 bridgehead atoms. The number of carbonyl (C=O) groups is 2. The normalized spacial score (nSPS) is 11.0. The number of rotatable bonds is 4. The summed E-state index contributed by atoms with van der Waals surface area (Å²) in [6.07, 6.45) is -2.29. The van der Waals surface area contributed by atoms with Crippen molar-refractivity contribution >= 4 is 35.0 Å². The fourth-order valence-corrected chi connectivity index (χ4v) is 1.99. The van der Waals surface area contributed by atoms with E-state index in [0.717, 1.165) is 12.1 Å². The number of alkyl halides is 3. The smallest absolute Gasteiger partial charge is 0.418 e. The summed E-state index contributed by atoms with van der Waals surface area (Å²) in [4.78, 5) is 30.8. The van der Waals surface area contributed by atoms with Crippen molar-refractivity contribution in [1.29, 1.82) is 0 Å². The molecule has 0 radical (unpaired) electrons. The quantitative estimate of drug-likeness (QED) is 0.796. The Morgan fingerprint density at radius 1 is 1.24 bits per heavy atom. The van der Waals surface area contributed by atoms with Gasteiger partial charge in [0.05, 0.1) is 16.3 Å². The molecule has 0 aliphatic heterocycles. The Kier molecular flexibility index (Phi) is 5.42. The van der Waals surface area contributed by atoms with Gasteiger partial charge in [0.15, 0.2) is 18.1 Å². The number of hydrogen-bond acceptors (Lipinski definition) is 6. The van der Waals surface area contributed by atoms with Gasteiger partial charge < -0.3 is 15.8 Å². The molecule has 25 heavy (non-hydrogen) atoms. The second-order valence-electron chi connectivity index (χ2n) is 4.57. The number of nitrogens with one attached hydrogen (secondary N) is 1. The van der Waals surface area contributed by atoms with Gasteiger partial charge in [0.2, 0.25) is 0 Å². The van der Waals surface area contributed by atoms with Crippen LogP contribution in [-0.2, 0) is 15.7 Å². The molecule has 0 aliphatic rings. The molecule has 1 amide bonds. The second-order valence-corrected chi connectivity index (χ2v) is 4.98. The Balaban J connectivity index is 2.07. The maximum Gasteiger partial charge on any atom is 0.418 e. The molecular weight excluding hydrogens is 365 g/mol. The van der Waals surface area contributed by atoms with E-state index in [4.69, 9.17) is 17.3 Å². The molecule has 132 valence electrons. The van der Waals surface area contributed by atoms with Crippen molar-refractivity contribution in [2.75, 3.05) is 17.7 Å². The van der Waals surface area contributed by atoms with E-state index >= 15 is 0 Å². The van der Waals surface area contributed by atoms with Crippen LogP contribution in [0.15, 0.2) is 30.6 Å². The second kappa shape index (κ2) is 7.34. The van der Waals surface area contributed by atoms with E-state index < -0.39 is 35.9 Å². The number of benzene rings is 1. The lowest BCUT2D eigenvalue weighted by molar-refractivity contribution is -0.137. The molecule has 1 aromatic carbocycles. The third kappa shape index (κ3) is 4.57. The van der Waals surface area contributed by atoms with Gasteiger partial charge >= 0.3 is 12.1 Å². The lowest BCUT2D eigenvalue weighted by Gasteiger charge is -2.15. The third-order valence-electron chi connectivity index (χ3n) is 2.84. The van der Waals surface area contributed by atoms with Crippen LogP contribution < -0.4 is 11.1 Å². The van der Waals surface area contributed by atoms with Crippen molar-refractivity contribution < 1.29 is 27.5 Å². The van der Waals surface area contributed by atoms with Crippen LogP contribution in [0.4, 0.5) is 24.7 Å². The molecule has 1 aromatic heterocycles. The molecule has 0 saturated heterocycles. The summed E-state index contributed by atoms with van der Waals surface area (Å²) in [7, 11) is 0. The first kappa shape index (κ1) is 18.5. The number of halogens is 4. The van der Waals surface area contributed by atoms with Crippen LogP contribution in [0, 0.1) is 0 Å². The van der Waals surface area contributed by atoms with Gasteiger partial charge in [-0.25, -0.2) is 14.8 Å². The van der Waals surface area contributed by atoms with Gasteiger partial charge in [0.25, 0.3) is 5.91 Å². The van der Waals surface area contributed by atoms with E-state index in [-0.39, 0.29) is 16.5 Å². The summed E-state index contributed by atoms with van der Waals surface area (Å²) in [5.41, 5.74) is 3.35. The van der Waals surface area contributed by atoms with Gasteiger partial charge in [0, 0.05) is 12.4 Å². The number of nitrogens with two attached hydrogens (primary N) is 1. The molecule has 0 atom stereocenters. The fourth-order valence-electron chi connectivity index (χ4n) is 1.77. The number of nitrogens with zero attached hydrogens (tertiary/aromatic N) is 2. The Bertz CT molecular complexity index is 814. The topological polar surface area (TPSA) is 107 Å². The Morgan fingerprint density at radius 2 is 1.92 bits per heavy atom. The molecule has 0 fully saturated rings. The van der Waals surface area contributed by atoms with Crippen LogP contribution in [0.5, 0.6) is 0 Å². The van der Waals surface area contributed by atoms with E-state index in [1.807, 2.05) is 5.32 Å². The summed E-state index contributed by atoms with van der Waals surface area (Å²) in [5.74, 6) is -2.27. The first-order chi connectivity index (χ1) is 11.7. The Hall–Kier alpha value is -2.88. The van der Waals surface area contributed by atoms with E-state index in [9.17, 15) is 22.8 Å². The van der Waals surface area contributed by atoms with Crippen LogP contribution >= 0.6 is 11.6 Å². The van der Waals surface area contributed by atoms with Gasteiger partial charge in [-0.15, -0.1) is 0 Å². The zero-order valence-corrected chi connectivity index (χ0v) is 13.1. The molecule has 0 unspecified atom stereocenters. The van der Waals surface area contributed by atoms with E-state index in [1.165, 1.54) is 18.5 Å². The van der Waals surface area contributed by atoms with E-state index in [2.05, 4.69) is 14.7 Å². The van der Waals surface area contributed by atoms with Crippen molar-refractivity contribution in [2.24, 2.45) is 0 Å². The highest BCUT2D eigenvalue weighted by atomic mass is 35.5. The molecular formula is C14H10ClF3N4O3. The molecule has 2 aromatic rings. The highest BCUT2D eigenvalue weighted by Crippen LogP contribution is 2.38. The van der Waals surface area contributed by atoms with Gasteiger partial charge in [0.1, 0.15) is 0 Å². The average molecular weight is 375 g/mol. The highest BCUT2D eigenvalue weighted by Gasteiger charge is 2.34. The summed E-state index contributed by atoms with van der Waals surface area (Å²) in [6.45, 7) is -0.864. The number of nitrogen functional groups attached to an aromatic ring is 1. The predicted molar refractivity (Wildman–Crippen MR) is 81.8 cm³/mol. The van der Waals surface area contributed by atoms with Crippen molar-refractivity contribution in [1.82, 2.24) is 9.97 Å². The zero-order chi connectivity index (χ0) is 18.6. The minimum absolute atomic E-state index is 0.210. The number of hydrogen-bond donors (Lipinski definition) is 2. The maximum atomic E-state index is 12.9. The van der Waals surface area contributed by atoms with Crippen LogP contribution in [0.2, 0.25) is 5.02 Å². The predicted octanol–water partition coefficient (Wildman–Crippen LogP) is 2.53. The summed E-state index contributed by atoms with van der Waals surface area (Å²) in [5, 5.41) is 1.66. The van der Waals surface area contributed by atoms with Gasteiger partial charge in [-0.3, -0.25) is 4.79 Å². The van der Waals surface area contributed by atoms with Crippen molar-refractivity contribution in [3.05, 3.63) is 46.9 Å². The highest BCUT2D eigenvalue weighted by molar-refractivity contribution is 6.34. The van der Waals surface area contributed by atoms with Gasteiger partial charge in [-0.05, 0) is 12.1 Å². The molecule has 0 spiro atoms. The molecule has 2 rings (SSSR count). The Labute approximate surface area is 144 Å². The summed E-state index contributed by atoms with van der Waals surface area (Å²) in [6, 6.07) is 3.03. The number of esters is 1. The summed E-state index contributed by atoms with van der Waals surface area (Å²) < 4.78 is 43.5. The molecule has 0 aliphatic carbocycles. The first-order valence-corrected chi connectivity index (χ1v) is 6.97. The maximum absolute atomic E-state index is 12.9. The number of aromatic nitrogens is 2. The van der Waals surface area contributed by atoms with Crippen molar-refractivity contribution in [2.45, 2.75) is 6.18 Å². The summed E-state index contributed by atoms with van der Waals surface area (Å²) >= 11 is 5.70. The standard InChI is InChI=1S/C14H10ClF3N4O3/c15-8-3-1-2-7(14(16,17)18)10(8)22-9(23)6-25-13(24)11-12(19)21-5-4-20-11/h1-5H,6H2,(H2,19,21)(H,22,23). The zero-order valence-electron chi connectivity index (χ0n) is 12.3. The Morgan fingerprint density at radius 3 is 2.56 bits per heavy atom. The average Bonchev–Trinajstić information content (AvgIpc) is 2.54. The molecule has 7 nitrogen and oxygen atoms in total. The molecule has 0 saturated carbocycles. The molecule has 3 N–H and O–H groups in total. The van der Waals surface area contributed by atoms with Crippen LogP contribution in [0.1, 0.15) is 16.1 Å². The minimum Gasteiger partial charge on any atom is -0.451 e. The number of ether oxygens (including phenoxy) is 1. The van der Waals surface area contributed by atoms with Crippen LogP contribution in [0.3, 0.4) is 0 Å². The van der Waals surface area contributed by atoms with Crippen LogP contribution in [0.25, 0.3) is 0 Å². The number of amides is 1. The monoisotopic (exact) mass is 374 g/mol. The lowest BCUT2D eigenvalue weighted by Crippen LogP contribution is -2.23. The number of anilines is 2. The number of carbonyl (C=O) groups excluding carboxylic acids is 2. The van der Waals surface area contributed by atoms with Crippen LogP contribution in [-0.4, -0.2) is 28.5 Å². The third-order valence-corrected chi connectivity index (χ3v) is 3.15. The molecule has 11 heteroatoms. The fraction of sp³-hybridized carbons (Fsp3) is 0.143. The van der Waals surface area contributed by atoms with Gasteiger partial charge in [-0.1, -0.05) is 17.7 Å². The van der Waals surface area contributed by atoms with Crippen molar-refractivity contribution in [3.8, 4) is 0 Å². The SMILES string of the molecule is Nc1nccnc1C(=O)OCC(=O)Nc1c(Cl)cccc1C(F)(F)F. The largest absolute Gasteiger partial charge is 0.451 e. The lowest BCUT2D eigenvalue weighted by atomic mass is 10.1. The minimum atomic E-state index is -4.72. The van der Waals surface area contributed by atoms with Crippen molar-refractivity contribution in [3.63, 3.8) is 0 Å². The number of para-hydroxylation sites is 1. The molecule has 1 heterocycles. The van der Waals surface area contributed by atoms with Gasteiger partial charge in [-0.2, -0.15) is 13.2 Å². The van der Waals surface area contributed by atoms with E-state index in [0.29, 0.717) is 0 Å². The van der Waals surface area contributed by atoms with E-state index in [1.54, 1.807) is 0 Å². The first-order valence-electron chi connectivity index (χ1n) is 6.59.